The molecular formula is C19H37NO2. The maximum Gasteiger partial charge on any atom is 0.0900 e. The minimum absolute atomic E-state index is 0.326. The molecule has 1 N–H and O–H groups in total. The summed E-state index contributed by atoms with van der Waals surface area (Å²) in [6.45, 7) is 15.1. The van der Waals surface area contributed by atoms with E-state index in [1.807, 2.05) is 0 Å². The van der Waals surface area contributed by atoms with E-state index in [0.717, 1.165) is 50.2 Å². The Bertz CT molecular complexity index is 334. The number of aliphatic hydroxyl groups is 1. The van der Waals surface area contributed by atoms with Crippen LogP contribution in [0.25, 0.3) is 0 Å². The second-order valence-corrected chi connectivity index (χ2v) is 9.19. The van der Waals surface area contributed by atoms with E-state index in [0.29, 0.717) is 18.1 Å². The Kier molecular flexibility index (Phi) is 6.32. The third kappa shape index (κ3) is 5.82. The fourth-order valence-electron chi connectivity index (χ4n) is 4.92. The Morgan fingerprint density at radius 3 is 2.27 bits per heavy atom. The van der Waals surface area contributed by atoms with Gasteiger partial charge in [0.2, 0.25) is 0 Å². The standard InChI is InChI=1S/C19H37NO2/c1-14-7-18(9-19(4,5)8-14)22-13-17(21)12-20-10-15(2)6-16(3)11-20/h14-18,21H,6-13H2,1-5H3/t14-,15-,16+,17-,18-/m0/s1. The molecular weight excluding hydrogens is 274 g/mol. The summed E-state index contributed by atoms with van der Waals surface area (Å²) >= 11 is 0. The summed E-state index contributed by atoms with van der Waals surface area (Å²) in [5, 5.41) is 10.3. The first kappa shape index (κ1) is 18.2. The van der Waals surface area contributed by atoms with Crippen molar-refractivity contribution >= 4 is 0 Å². The molecule has 1 aliphatic heterocycles. The lowest BCUT2D eigenvalue weighted by molar-refractivity contribution is -0.0641. The van der Waals surface area contributed by atoms with Gasteiger partial charge in [-0.2, -0.15) is 0 Å². The second kappa shape index (κ2) is 7.63. The number of nitrogens with zero attached hydrogens (tertiary/aromatic N) is 1. The molecule has 0 amide bonds. The van der Waals surface area contributed by atoms with Gasteiger partial charge in [0.05, 0.1) is 18.8 Å². The molecule has 2 aliphatic rings. The van der Waals surface area contributed by atoms with E-state index in [1.54, 1.807) is 0 Å². The van der Waals surface area contributed by atoms with Gasteiger partial charge in [-0.1, -0.05) is 34.6 Å². The Morgan fingerprint density at radius 1 is 1.05 bits per heavy atom. The van der Waals surface area contributed by atoms with Crippen LogP contribution in [0.3, 0.4) is 0 Å². The van der Waals surface area contributed by atoms with E-state index in [4.69, 9.17) is 4.74 Å². The van der Waals surface area contributed by atoms with Gasteiger partial charge in [-0.25, -0.2) is 0 Å². The molecule has 0 spiro atoms. The summed E-state index contributed by atoms with van der Waals surface area (Å²) in [7, 11) is 0. The van der Waals surface area contributed by atoms with Crippen molar-refractivity contribution in [3.8, 4) is 0 Å². The first-order valence-corrected chi connectivity index (χ1v) is 9.25. The zero-order chi connectivity index (χ0) is 16.3. The first-order valence-electron chi connectivity index (χ1n) is 9.25. The minimum atomic E-state index is -0.349. The molecule has 0 aromatic rings. The number of rotatable bonds is 5. The minimum Gasteiger partial charge on any atom is -0.389 e. The molecule has 1 aliphatic carbocycles. The predicted molar refractivity (Wildman–Crippen MR) is 91.9 cm³/mol. The van der Waals surface area contributed by atoms with Gasteiger partial charge in [-0.05, 0) is 48.9 Å². The first-order chi connectivity index (χ1) is 10.2. The van der Waals surface area contributed by atoms with Crippen molar-refractivity contribution in [2.75, 3.05) is 26.2 Å². The summed E-state index contributed by atoms with van der Waals surface area (Å²) in [6.07, 6.45) is 4.86. The van der Waals surface area contributed by atoms with Gasteiger partial charge < -0.3 is 14.7 Å². The van der Waals surface area contributed by atoms with Crippen LogP contribution in [0, 0.1) is 23.2 Å². The van der Waals surface area contributed by atoms with E-state index >= 15 is 0 Å². The van der Waals surface area contributed by atoms with Crippen molar-refractivity contribution in [3.05, 3.63) is 0 Å². The molecule has 0 aromatic carbocycles. The van der Waals surface area contributed by atoms with E-state index in [-0.39, 0.29) is 6.10 Å². The van der Waals surface area contributed by atoms with Crippen LogP contribution in [0.15, 0.2) is 0 Å². The Labute approximate surface area is 137 Å². The van der Waals surface area contributed by atoms with Gasteiger partial charge in [0.25, 0.3) is 0 Å². The van der Waals surface area contributed by atoms with Crippen LogP contribution in [0.4, 0.5) is 0 Å². The molecule has 130 valence electrons. The summed E-state index contributed by atoms with van der Waals surface area (Å²) < 4.78 is 6.07. The molecule has 3 heteroatoms. The lowest BCUT2D eigenvalue weighted by Crippen LogP contribution is -2.44. The molecule has 5 atom stereocenters. The highest BCUT2D eigenvalue weighted by molar-refractivity contribution is 4.84. The smallest absolute Gasteiger partial charge is 0.0900 e. The van der Waals surface area contributed by atoms with Crippen LogP contribution in [0.2, 0.25) is 0 Å². The summed E-state index contributed by atoms with van der Waals surface area (Å²) in [5.41, 5.74) is 0.380. The highest BCUT2D eigenvalue weighted by atomic mass is 16.5. The van der Waals surface area contributed by atoms with Crippen LogP contribution in [0.5, 0.6) is 0 Å². The topological polar surface area (TPSA) is 32.7 Å². The number of hydrogen-bond acceptors (Lipinski definition) is 3. The van der Waals surface area contributed by atoms with Crippen molar-refractivity contribution in [2.45, 2.75) is 72.5 Å². The van der Waals surface area contributed by atoms with Gasteiger partial charge in [-0.3, -0.25) is 0 Å². The lowest BCUT2D eigenvalue weighted by atomic mass is 9.71. The number of β-amino-alcohol motifs (C(OH)–C–C–N with tert-alkyl or cyclic N) is 1. The highest BCUT2D eigenvalue weighted by Gasteiger charge is 2.33. The van der Waals surface area contributed by atoms with Gasteiger partial charge in [0.15, 0.2) is 0 Å². The number of ether oxygens (including phenoxy) is 1. The fraction of sp³-hybridized carbons (Fsp3) is 1.00. The number of aliphatic hydroxyl groups excluding tert-OH is 1. The summed E-state index contributed by atoms with van der Waals surface area (Å²) in [5.74, 6) is 2.23. The second-order valence-electron chi connectivity index (χ2n) is 9.19. The van der Waals surface area contributed by atoms with Crippen molar-refractivity contribution in [1.29, 1.82) is 0 Å². The molecule has 2 fully saturated rings. The van der Waals surface area contributed by atoms with Crippen LogP contribution in [-0.2, 0) is 4.74 Å². The maximum absolute atomic E-state index is 10.3. The monoisotopic (exact) mass is 311 g/mol. The molecule has 0 unspecified atom stereocenters. The number of likely N-dealkylation sites (tertiary alicyclic amines) is 1. The Hall–Kier alpha value is -0.120. The zero-order valence-electron chi connectivity index (χ0n) is 15.3. The SMILES string of the molecule is C[C@@H]1C[C@H](C)CN(C[C@H](O)CO[C@H]2C[C@H](C)CC(C)(C)C2)C1. The van der Waals surface area contributed by atoms with Crippen molar-refractivity contribution < 1.29 is 9.84 Å². The molecule has 22 heavy (non-hydrogen) atoms. The Balaban J connectivity index is 1.72. The van der Waals surface area contributed by atoms with Crippen molar-refractivity contribution in [3.63, 3.8) is 0 Å². The third-order valence-electron chi connectivity index (χ3n) is 5.28. The molecule has 0 bridgehead atoms. The molecule has 1 heterocycles. The zero-order valence-corrected chi connectivity index (χ0v) is 15.3. The van der Waals surface area contributed by atoms with Gasteiger partial charge in [0.1, 0.15) is 0 Å². The summed E-state index contributed by atoms with van der Waals surface area (Å²) in [6, 6.07) is 0. The van der Waals surface area contributed by atoms with Crippen LogP contribution < -0.4 is 0 Å². The predicted octanol–water partition coefficient (Wildman–Crippen LogP) is 3.56. The van der Waals surface area contributed by atoms with Crippen molar-refractivity contribution in [2.24, 2.45) is 23.2 Å². The van der Waals surface area contributed by atoms with Crippen LogP contribution >= 0.6 is 0 Å². The van der Waals surface area contributed by atoms with Crippen LogP contribution in [-0.4, -0.2) is 48.5 Å². The average molecular weight is 312 g/mol. The van der Waals surface area contributed by atoms with Gasteiger partial charge >= 0.3 is 0 Å². The summed E-state index contributed by atoms with van der Waals surface area (Å²) in [4.78, 5) is 2.42. The molecule has 0 radical (unpaired) electrons. The van der Waals surface area contributed by atoms with E-state index < -0.39 is 0 Å². The number of piperidine rings is 1. The molecule has 1 saturated heterocycles. The molecule has 1 saturated carbocycles. The maximum atomic E-state index is 10.3. The van der Waals surface area contributed by atoms with Crippen molar-refractivity contribution in [1.82, 2.24) is 4.90 Å². The van der Waals surface area contributed by atoms with E-state index in [1.165, 1.54) is 12.8 Å². The molecule has 3 nitrogen and oxygen atoms in total. The van der Waals surface area contributed by atoms with E-state index in [2.05, 4.69) is 39.5 Å². The lowest BCUT2D eigenvalue weighted by Gasteiger charge is -2.39. The normalized spacial score (nSPS) is 37.9. The van der Waals surface area contributed by atoms with E-state index in [9.17, 15) is 5.11 Å². The quantitative estimate of drug-likeness (QED) is 0.842. The third-order valence-corrected chi connectivity index (χ3v) is 5.28. The largest absolute Gasteiger partial charge is 0.389 e. The Morgan fingerprint density at radius 2 is 1.68 bits per heavy atom. The molecule has 2 rings (SSSR count). The number of hydrogen-bond donors (Lipinski definition) is 1. The van der Waals surface area contributed by atoms with Crippen LogP contribution in [0.1, 0.15) is 60.3 Å². The fourth-order valence-corrected chi connectivity index (χ4v) is 4.92. The average Bonchev–Trinajstić information content (AvgIpc) is 2.32. The van der Waals surface area contributed by atoms with Gasteiger partial charge in [-0.15, -0.1) is 0 Å². The highest BCUT2D eigenvalue weighted by Crippen LogP contribution is 2.39. The molecule has 0 aromatic heterocycles. The van der Waals surface area contributed by atoms with Gasteiger partial charge in [0, 0.05) is 19.6 Å².